The smallest absolute Gasteiger partial charge is 0.335 e. The van der Waals surface area contributed by atoms with Crippen LogP contribution in [0.3, 0.4) is 0 Å². The van der Waals surface area contributed by atoms with Crippen LogP contribution in [0.5, 0.6) is 5.75 Å². The number of carbonyl (C=O) groups is 2. The Kier molecular flexibility index (Phi) is 12.0. The highest BCUT2D eigenvalue weighted by Crippen LogP contribution is 2.42. The Morgan fingerprint density at radius 2 is 1.60 bits per heavy atom. The van der Waals surface area contributed by atoms with E-state index < -0.39 is 92.2 Å². The van der Waals surface area contributed by atoms with Crippen LogP contribution in [0.4, 0.5) is 32.0 Å². The normalized spacial score (nSPS) is 16.5. The van der Waals surface area contributed by atoms with Gasteiger partial charge in [-0.2, -0.15) is 4.31 Å². The van der Waals surface area contributed by atoms with Crippen LogP contribution in [-0.2, 0) is 37.9 Å². The van der Waals surface area contributed by atoms with Crippen molar-refractivity contribution in [2.24, 2.45) is 0 Å². The number of ether oxygens (including phenoxy) is 2. The van der Waals surface area contributed by atoms with Crippen LogP contribution in [0, 0.1) is 34.9 Å². The van der Waals surface area contributed by atoms with Gasteiger partial charge in [-0.15, -0.1) is 0 Å². The molecule has 4 aromatic carbocycles. The summed E-state index contributed by atoms with van der Waals surface area (Å²) in [7, 11) is -5.91. The molecule has 1 saturated carbocycles. The standard InChI is InChI=1S/C40H37ClF6N2O7S/c1-40(2,3)25-13-20(12-24(15-25)21-4-5-21)14-30(38(50)48-29-9-7-22(39(51)52)16-31(29)56-27-10-11-55-19-27)49(18-23-6-8-26(42)17-28(23)41)57(53,54)37-35(46)33(44)32(43)34(45)36(37)47/h6-9,12-13,15-17,21,27,30H,4-5,10-11,14,18-19H2,1-3H3,(H,48,50)(H,51,52)/t27-,30-/m0/s1. The van der Waals surface area contributed by atoms with Crippen molar-refractivity contribution >= 4 is 39.2 Å². The molecule has 2 atom stereocenters. The zero-order valence-electron chi connectivity index (χ0n) is 30.8. The van der Waals surface area contributed by atoms with Gasteiger partial charge in [0.1, 0.15) is 23.7 Å². The Morgan fingerprint density at radius 3 is 2.18 bits per heavy atom. The molecule has 1 aliphatic carbocycles. The second-order valence-electron chi connectivity index (χ2n) is 15.0. The van der Waals surface area contributed by atoms with Crippen LogP contribution >= 0.6 is 11.6 Å². The minimum atomic E-state index is -5.91. The lowest BCUT2D eigenvalue weighted by Crippen LogP contribution is -2.48. The molecule has 1 aliphatic heterocycles. The van der Waals surface area contributed by atoms with Crippen molar-refractivity contribution < 1.29 is 58.9 Å². The second kappa shape index (κ2) is 16.3. The fourth-order valence-electron chi connectivity index (χ4n) is 6.44. The number of anilines is 1. The molecule has 1 amide bonds. The third-order valence-corrected chi connectivity index (χ3v) is 12.0. The van der Waals surface area contributed by atoms with Gasteiger partial charge in [0, 0.05) is 18.0 Å². The Bertz CT molecular complexity index is 2320. The quantitative estimate of drug-likeness (QED) is 0.0786. The van der Waals surface area contributed by atoms with E-state index in [9.17, 15) is 40.7 Å². The number of aromatic carboxylic acids is 1. The molecular formula is C40H37ClF6N2O7S. The lowest BCUT2D eigenvalue weighted by atomic mass is 9.83. The number of carboxylic acid groups (broad SMARTS) is 1. The lowest BCUT2D eigenvalue weighted by molar-refractivity contribution is -0.120. The van der Waals surface area contributed by atoms with Gasteiger partial charge in [-0.05, 0) is 83.2 Å². The number of sulfonamides is 1. The van der Waals surface area contributed by atoms with E-state index in [0.717, 1.165) is 54.3 Å². The Balaban J connectivity index is 1.56. The molecule has 17 heteroatoms. The third-order valence-electron chi connectivity index (χ3n) is 9.75. The predicted octanol–water partition coefficient (Wildman–Crippen LogP) is 8.66. The first-order valence-electron chi connectivity index (χ1n) is 17.8. The number of rotatable bonds is 13. The first-order chi connectivity index (χ1) is 26.8. The fraction of sp³-hybridized carbons (Fsp3) is 0.350. The van der Waals surface area contributed by atoms with Gasteiger partial charge in [0.2, 0.25) is 21.7 Å². The molecule has 4 aromatic rings. The van der Waals surface area contributed by atoms with Gasteiger partial charge >= 0.3 is 5.97 Å². The van der Waals surface area contributed by atoms with Crippen LogP contribution in [0.2, 0.25) is 5.02 Å². The minimum absolute atomic E-state index is 0.132. The van der Waals surface area contributed by atoms with Crippen LogP contribution in [0.1, 0.15) is 78.6 Å². The molecule has 0 spiro atoms. The summed E-state index contributed by atoms with van der Waals surface area (Å²) in [5.41, 5.74) is 1.04. The highest BCUT2D eigenvalue weighted by atomic mass is 35.5. The average molecular weight is 839 g/mol. The van der Waals surface area contributed by atoms with Gasteiger partial charge in [-0.25, -0.2) is 39.6 Å². The largest absolute Gasteiger partial charge is 0.486 e. The molecule has 304 valence electrons. The monoisotopic (exact) mass is 838 g/mol. The summed E-state index contributed by atoms with van der Waals surface area (Å²) in [6, 6.07) is 9.61. The topological polar surface area (TPSA) is 122 Å². The Morgan fingerprint density at radius 1 is 0.930 bits per heavy atom. The maximum Gasteiger partial charge on any atom is 0.335 e. The van der Waals surface area contributed by atoms with Crippen LogP contribution in [0.15, 0.2) is 59.5 Å². The van der Waals surface area contributed by atoms with Crippen molar-refractivity contribution in [2.45, 2.75) is 81.4 Å². The number of hydrogen-bond acceptors (Lipinski definition) is 6. The molecule has 1 saturated heterocycles. The molecule has 0 bridgehead atoms. The molecule has 0 unspecified atom stereocenters. The van der Waals surface area contributed by atoms with E-state index in [1.807, 2.05) is 26.8 Å². The summed E-state index contributed by atoms with van der Waals surface area (Å²) >= 11 is 6.30. The number of benzene rings is 4. The zero-order chi connectivity index (χ0) is 41.6. The van der Waals surface area contributed by atoms with Crippen LogP contribution in [-0.4, -0.2) is 55.1 Å². The van der Waals surface area contributed by atoms with Crippen molar-refractivity contribution in [2.75, 3.05) is 18.5 Å². The van der Waals surface area contributed by atoms with Crippen molar-refractivity contribution in [3.05, 3.63) is 122 Å². The third kappa shape index (κ3) is 9.09. The van der Waals surface area contributed by atoms with Crippen molar-refractivity contribution in [3.8, 4) is 5.75 Å². The Labute approximate surface area is 329 Å². The maximum absolute atomic E-state index is 15.5. The lowest BCUT2D eigenvalue weighted by Gasteiger charge is -2.32. The summed E-state index contributed by atoms with van der Waals surface area (Å²) in [6.07, 6.45) is 1.05. The van der Waals surface area contributed by atoms with Crippen molar-refractivity contribution in [1.29, 1.82) is 0 Å². The maximum atomic E-state index is 15.5. The van der Waals surface area contributed by atoms with Crippen LogP contribution < -0.4 is 10.1 Å². The van der Waals surface area contributed by atoms with E-state index in [1.165, 1.54) is 6.07 Å². The summed E-state index contributed by atoms with van der Waals surface area (Å²) in [5.74, 6) is -16.4. The number of hydrogen-bond donors (Lipinski definition) is 2. The molecule has 2 N–H and O–H groups in total. The summed E-state index contributed by atoms with van der Waals surface area (Å²) < 4.78 is 129. The van der Waals surface area contributed by atoms with Crippen molar-refractivity contribution in [1.82, 2.24) is 4.31 Å². The van der Waals surface area contributed by atoms with Gasteiger partial charge in [-0.1, -0.05) is 56.6 Å². The summed E-state index contributed by atoms with van der Waals surface area (Å²) in [4.78, 5) is 24.4. The SMILES string of the molecule is CC(C)(C)c1cc(C[C@@H](C(=O)Nc2ccc(C(=O)O)cc2O[C@H]2CCOC2)N(Cc2ccc(F)cc2Cl)S(=O)(=O)c2c(F)c(F)c(F)c(F)c2F)cc(C2CC2)c1. The van der Waals surface area contributed by atoms with Gasteiger partial charge in [0.25, 0.3) is 0 Å². The van der Waals surface area contributed by atoms with E-state index >= 15 is 8.78 Å². The van der Waals surface area contributed by atoms with Gasteiger partial charge in [0.05, 0.1) is 24.5 Å². The molecule has 2 fully saturated rings. The van der Waals surface area contributed by atoms with Crippen LogP contribution in [0.25, 0.3) is 0 Å². The van der Waals surface area contributed by atoms with E-state index in [2.05, 4.69) is 5.32 Å². The molecule has 6 rings (SSSR count). The van der Waals surface area contributed by atoms with Crippen molar-refractivity contribution in [3.63, 3.8) is 0 Å². The molecule has 9 nitrogen and oxygen atoms in total. The second-order valence-corrected chi connectivity index (χ2v) is 17.2. The molecule has 0 aromatic heterocycles. The highest BCUT2D eigenvalue weighted by Gasteiger charge is 2.43. The molecular weight excluding hydrogens is 802 g/mol. The predicted molar refractivity (Wildman–Crippen MR) is 197 cm³/mol. The molecule has 2 aliphatic rings. The number of nitrogens with one attached hydrogen (secondary N) is 1. The molecule has 0 radical (unpaired) electrons. The first kappa shape index (κ1) is 42.0. The van der Waals surface area contributed by atoms with E-state index in [4.69, 9.17) is 21.1 Å². The van der Waals surface area contributed by atoms with E-state index in [1.54, 1.807) is 12.1 Å². The summed E-state index contributed by atoms with van der Waals surface area (Å²) in [6.45, 7) is 5.24. The number of amides is 1. The first-order valence-corrected chi connectivity index (χ1v) is 19.6. The number of carboxylic acids is 1. The number of carbonyl (C=O) groups excluding carboxylic acids is 1. The summed E-state index contributed by atoms with van der Waals surface area (Å²) in [5, 5.41) is 11.8. The minimum Gasteiger partial charge on any atom is -0.486 e. The highest BCUT2D eigenvalue weighted by molar-refractivity contribution is 7.89. The van der Waals surface area contributed by atoms with Gasteiger partial charge in [-0.3, -0.25) is 4.79 Å². The number of nitrogens with zero attached hydrogens (tertiary/aromatic N) is 1. The fourth-order valence-corrected chi connectivity index (χ4v) is 8.34. The van der Waals surface area contributed by atoms with E-state index in [-0.39, 0.29) is 44.4 Å². The number of halogens is 7. The zero-order valence-corrected chi connectivity index (χ0v) is 32.3. The van der Waals surface area contributed by atoms with E-state index in [0.29, 0.717) is 18.6 Å². The molecule has 57 heavy (non-hydrogen) atoms. The van der Waals surface area contributed by atoms with Gasteiger partial charge < -0.3 is 19.9 Å². The average Bonchev–Trinajstić information content (AvgIpc) is 3.88. The molecule has 1 heterocycles. The Hall–Kier alpha value is -4.64. The van der Waals surface area contributed by atoms with Gasteiger partial charge in [0.15, 0.2) is 28.2 Å².